The van der Waals surface area contributed by atoms with Crippen molar-refractivity contribution in [3.63, 3.8) is 0 Å². The van der Waals surface area contributed by atoms with Gasteiger partial charge in [-0.05, 0) is 17.6 Å². The molecule has 1 nitrogen and oxygen atoms in total. The van der Waals surface area contributed by atoms with E-state index < -0.39 is 8.07 Å². The van der Waals surface area contributed by atoms with Gasteiger partial charge in [-0.2, -0.15) is 0 Å². The Morgan fingerprint density at radius 3 is 2.09 bits per heavy atom. The predicted molar refractivity (Wildman–Crippen MR) is 109 cm³/mol. The number of nitrogens with zero attached hydrogens (tertiary/aromatic N) is 1. The first-order valence-corrected chi connectivity index (χ1v) is 12.5. The summed E-state index contributed by atoms with van der Waals surface area (Å²) in [5, 5.41) is 1.71. The lowest BCUT2D eigenvalue weighted by molar-refractivity contribution is 0.304. The molecular weight excluding hydrogens is 293 g/mol. The molecule has 2 rings (SSSR count). The summed E-state index contributed by atoms with van der Waals surface area (Å²) in [7, 11) is -1.38. The van der Waals surface area contributed by atoms with Gasteiger partial charge < -0.3 is 4.81 Å². The Morgan fingerprint density at radius 2 is 1.57 bits per heavy atom. The monoisotopic (exact) mass is 327 g/mol. The number of rotatable bonds is 4. The summed E-state index contributed by atoms with van der Waals surface area (Å²) in [6.07, 6.45) is 2.68. The van der Waals surface area contributed by atoms with E-state index in [0.717, 1.165) is 0 Å². The molecule has 1 heterocycles. The average Bonchev–Trinajstić information content (AvgIpc) is 2.56. The minimum atomic E-state index is -1.38. The van der Waals surface area contributed by atoms with Crippen LogP contribution in [0, 0.1) is 0 Å². The summed E-state index contributed by atoms with van der Waals surface area (Å²) in [6.45, 7) is 17.6. The van der Waals surface area contributed by atoms with Crippen molar-refractivity contribution in [2.45, 2.75) is 78.6 Å². The van der Waals surface area contributed by atoms with Gasteiger partial charge in [0, 0.05) is 0 Å². The maximum Gasteiger partial charge on any atom is 0.253 e. The average molecular weight is 327 g/mol. The molecule has 1 aromatic carbocycles. The second-order valence-corrected chi connectivity index (χ2v) is 13.1. The van der Waals surface area contributed by atoms with E-state index in [2.05, 4.69) is 82.9 Å². The van der Waals surface area contributed by atoms with E-state index in [1.807, 2.05) is 0 Å². The van der Waals surface area contributed by atoms with Gasteiger partial charge >= 0.3 is 0 Å². The zero-order valence-electron chi connectivity index (χ0n) is 16.2. The highest BCUT2D eigenvalue weighted by atomic mass is 28.3. The quantitative estimate of drug-likeness (QED) is 0.635. The van der Waals surface area contributed by atoms with Crippen LogP contribution in [-0.4, -0.2) is 31.8 Å². The van der Waals surface area contributed by atoms with Crippen LogP contribution < -0.4 is 0 Å². The highest BCUT2D eigenvalue weighted by Crippen LogP contribution is 2.39. The van der Waals surface area contributed by atoms with Crippen LogP contribution in [0.5, 0.6) is 0 Å². The molecule has 0 fully saturated rings. The Bertz CT molecular complexity index is 540. The zero-order chi connectivity index (χ0) is 17.2. The van der Waals surface area contributed by atoms with Crippen molar-refractivity contribution in [3.8, 4) is 0 Å². The van der Waals surface area contributed by atoms with Crippen molar-refractivity contribution in [2.24, 2.45) is 0 Å². The molecule has 0 aliphatic carbocycles. The molecule has 126 valence electrons. The third-order valence-electron chi connectivity index (χ3n) is 5.47. The first-order chi connectivity index (χ1) is 10.8. The fourth-order valence-corrected chi connectivity index (χ4v) is 8.21. The topological polar surface area (TPSA) is 3.24 Å². The fourth-order valence-electron chi connectivity index (χ4n) is 4.69. The first kappa shape index (κ1) is 18.5. The molecule has 1 aliphatic heterocycles. The van der Waals surface area contributed by atoms with E-state index >= 15 is 0 Å². The summed E-state index contributed by atoms with van der Waals surface area (Å²) in [6, 6.07) is 13.8. The van der Waals surface area contributed by atoms with Gasteiger partial charge in [0.05, 0.1) is 8.07 Å². The van der Waals surface area contributed by atoms with E-state index in [1.165, 1.54) is 24.3 Å². The van der Waals surface area contributed by atoms with Gasteiger partial charge in [-0.1, -0.05) is 107 Å². The van der Waals surface area contributed by atoms with Crippen molar-refractivity contribution in [1.82, 2.24) is 4.81 Å². The van der Waals surface area contributed by atoms with E-state index in [-0.39, 0.29) is 0 Å². The third kappa shape index (κ3) is 4.00. The van der Waals surface area contributed by atoms with Gasteiger partial charge in [0.25, 0.3) is 6.85 Å². The molecule has 0 radical (unpaired) electrons. The van der Waals surface area contributed by atoms with Gasteiger partial charge in [-0.25, -0.2) is 0 Å². The van der Waals surface area contributed by atoms with Crippen LogP contribution in [0.2, 0.25) is 25.5 Å². The second kappa shape index (κ2) is 7.40. The standard InChI is InChI=1S/C20H34BNSi/c1-16(2)22(17(3)4)21-14-11-15-23(6,7)20(18(21)5)19-12-9-8-10-13-19/h8-10,12-13,16-17H,11,14-15H2,1-7H3. The molecule has 1 aliphatic rings. The van der Waals surface area contributed by atoms with Crippen LogP contribution in [-0.2, 0) is 0 Å². The lowest BCUT2D eigenvalue weighted by Crippen LogP contribution is -2.49. The number of allylic oxidation sites excluding steroid dienone is 1. The SMILES string of the molecule is CC1=C(c2ccccc2)[Si](C)(C)CCCB1N(C(C)C)C(C)C. The molecule has 0 atom stereocenters. The highest BCUT2D eigenvalue weighted by molar-refractivity contribution is 6.97. The Morgan fingerprint density at radius 1 is 1.00 bits per heavy atom. The van der Waals surface area contributed by atoms with Crippen molar-refractivity contribution < 1.29 is 0 Å². The zero-order valence-corrected chi connectivity index (χ0v) is 17.2. The van der Waals surface area contributed by atoms with E-state index in [9.17, 15) is 0 Å². The molecule has 1 aromatic rings. The molecular formula is C20H34BNSi. The number of benzene rings is 1. The van der Waals surface area contributed by atoms with Gasteiger partial charge in [-0.3, -0.25) is 0 Å². The summed E-state index contributed by atoms with van der Waals surface area (Å²) in [4.78, 5) is 2.73. The van der Waals surface area contributed by atoms with Crippen molar-refractivity contribution in [1.29, 1.82) is 0 Å². The maximum atomic E-state index is 2.73. The molecule has 0 spiro atoms. The maximum absolute atomic E-state index is 2.73. The molecule has 0 unspecified atom stereocenters. The lowest BCUT2D eigenvalue weighted by atomic mass is 9.49. The molecule has 0 aromatic heterocycles. The van der Waals surface area contributed by atoms with E-state index in [0.29, 0.717) is 18.9 Å². The number of hydrogen-bond acceptors (Lipinski definition) is 1. The summed E-state index contributed by atoms with van der Waals surface area (Å²) in [5.74, 6) is 0. The van der Waals surface area contributed by atoms with Crippen molar-refractivity contribution in [3.05, 3.63) is 41.4 Å². The van der Waals surface area contributed by atoms with Gasteiger partial charge in [-0.15, -0.1) is 0 Å². The summed E-state index contributed by atoms with van der Waals surface area (Å²) < 4.78 is 0. The van der Waals surface area contributed by atoms with Crippen LogP contribution in [0.1, 0.15) is 46.6 Å². The first-order valence-electron chi connectivity index (χ1n) is 9.30. The van der Waals surface area contributed by atoms with Crippen molar-refractivity contribution >= 4 is 20.1 Å². The largest absolute Gasteiger partial charge is 0.334 e. The lowest BCUT2D eigenvalue weighted by Gasteiger charge is -2.38. The molecule has 0 bridgehead atoms. The molecule has 0 N–H and O–H groups in total. The molecule has 0 saturated carbocycles. The molecule has 23 heavy (non-hydrogen) atoms. The predicted octanol–water partition coefficient (Wildman–Crippen LogP) is 5.76. The summed E-state index contributed by atoms with van der Waals surface area (Å²) in [5.41, 5.74) is 3.12. The summed E-state index contributed by atoms with van der Waals surface area (Å²) >= 11 is 0. The van der Waals surface area contributed by atoms with Crippen LogP contribution in [0.25, 0.3) is 5.20 Å². The van der Waals surface area contributed by atoms with E-state index in [4.69, 9.17) is 0 Å². The van der Waals surface area contributed by atoms with Crippen LogP contribution in [0.15, 0.2) is 35.8 Å². The van der Waals surface area contributed by atoms with Crippen LogP contribution in [0.4, 0.5) is 0 Å². The second-order valence-electron chi connectivity index (χ2n) is 8.35. The van der Waals surface area contributed by atoms with Gasteiger partial charge in [0.15, 0.2) is 0 Å². The number of hydrogen-bond donors (Lipinski definition) is 0. The van der Waals surface area contributed by atoms with E-state index in [1.54, 1.807) is 10.7 Å². The Kier molecular flexibility index (Phi) is 5.96. The smallest absolute Gasteiger partial charge is 0.253 e. The molecule has 0 saturated heterocycles. The minimum Gasteiger partial charge on any atom is -0.334 e. The van der Waals surface area contributed by atoms with Crippen molar-refractivity contribution in [2.75, 3.05) is 0 Å². The normalized spacial score (nSPS) is 19.0. The fraction of sp³-hybridized carbons (Fsp3) is 0.600. The molecule has 3 heteroatoms. The van der Waals surface area contributed by atoms with Crippen LogP contribution >= 0.6 is 0 Å². The Hall–Kier alpha value is -0.798. The Balaban J connectivity index is 2.57. The highest BCUT2D eigenvalue weighted by Gasteiger charge is 2.38. The van der Waals surface area contributed by atoms with Gasteiger partial charge in [0.1, 0.15) is 0 Å². The van der Waals surface area contributed by atoms with Gasteiger partial charge in [0.2, 0.25) is 0 Å². The van der Waals surface area contributed by atoms with Crippen LogP contribution in [0.3, 0.4) is 0 Å². The molecule has 0 amide bonds. The minimum absolute atomic E-state index is 0.592. The third-order valence-corrected chi connectivity index (χ3v) is 9.11. The Labute approximate surface area is 145 Å².